The number of methoxy groups -OCH3 is 1. The van der Waals surface area contributed by atoms with Gasteiger partial charge < -0.3 is 4.74 Å². The van der Waals surface area contributed by atoms with Crippen molar-refractivity contribution in [2.45, 2.75) is 50.9 Å². The Bertz CT molecular complexity index is 164. The van der Waals surface area contributed by atoms with Crippen molar-refractivity contribution in [3.63, 3.8) is 0 Å². The minimum Gasteiger partial charge on any atom is -0.380 e. The van der Waals surface area contributed by atoms with E-state index in [-0.39, 0.29) is 12.5 Å². The number of nitrogens with two attached hydrogens (primary N) is 1. The van der Waals surface area contributed by atoms with Gasteiger partial charge in [0.25, 0.3) is 0 Å². The molecule has 0 spiro atoms. The highest BCUT2D eigenvalue weighted by Gasteiger charge is 2.30. The first-order valence-electron chi connectivity index (χ1n) is 5.00. The number of ether oxygens (including phenoxy) is 1. The minimum atomic E-state index is -4.14. The molecule has 92 valence electrons. The Hall–Kier alpha value is -0.330. The average molecular weight is 228 g/mol. The third-order valence-corrected chi connectivity index (χ3v) is 2.28. The predicted molar refractivity (Wildman–Crippen MR) is 52.1 cm³/mol. The molecule has 0 fully saturated rings. The van der Waals surface area contributed by atoms with Crippen molar-refractivity contribution >= 4 is 0 Å². The molecule has 3 nitrogen and oxygen atoms in total. The second-order valence-corrected chi connectivity index (χ2v) is 3.49. The van der Waals surface area contributed by atoms with E-state index >= 15 is 0 Å². The van der Waals surface area contributed by atoms with E-state index in [1.54, 1.807) is 0 Å². The van der Waals surface area contributed by atoms with E-state index in [1.807, 2.05) is 6.92 Å². The Labute approximate surface area is 88.1 Å². The highest BCUT2D eigenvalue weighted by Crippen LogP contribution is 2.23. The molecule has 0 aromatic rings. The fourth-order valence-corrected chi connectivity index (χ4v) is 1.46. The number of hydrazine groups is 1. The summed E-state index contributed by atoms with van der Waals surface area (Å²) in [7, 11) is 1.48. The highest BCUT2D eigenvalue weighted by atomic mass is 19.4. The van der Waals surface area contributed by atoms with Gasteiger partial charge in [0.15, 0.2) is 0 Å². The molecule has 0 aromatic carbocycles. The first-order chi connectivity index (χ1) is 6.94. The molecule has 0 bridgehead atoms. The summed E-state index contributed by atoms with van der Waals surface area (Å²) in [6.45, 7) is 1.95. The van der Waals surface area contributed by atoms with Gasteiger partial charge in [-0.1, -0.05) is 13.3 Å². The van der Waals surface area contributed by atoms with Gasteiger partial charge in [-0.05, 0) is 12.8 Å². The quantitative estimate of drug-likeness (QED) is 0.517. The second kappa shape index (κ2) is 7.03. The zero-order valence-corrected chi connectivity index (χ0v) is 9.10. The monoisotopic (exact) mass is 228 g/mol. The van der Waals surface area contributed by atoms with Gasteiger partial charge in [-0.3, -0.25) is 11.3 Å². The van der Waals surface area contributed by atoms with Crippen LogP contribution < -0.4 is 11.3 Å². The normalized spacial score (nSPS) is 16.4. The molecule has 6 heteroatoms. The SMILES string of the molecule is CCCC(OC)C(CCC(F)(F)F)NN. The maximum Gasteiger partial charge on any atom is 0.389 e. The largest absolute Gasteiger partial charge is 0.389 e. The number of nitrogens with one attached hydrogen (secondary N) is 1. The topological polar surface area (TPSA) is 47.3 Å². The van der Waals surface area contributed by atoms with Crippen molar-refractivity contribution < 1.29 is 17.9 Å². The van der Waals surface area contributed by atoms with Crippen molar-refractivity contribution in [2.24, 2.45) is 5.84 Å². The molecule has 2 atom stereocenters. The number of halogens is 3. The third kappa shape index (κ3) is 6.70. The summed E-state index contributed by atoms with van der Waals surface area (Å²) in [5.74, 6) is 5.21. The van der Waals surface area contributed by atoms with E-state index in [2.05, 4.69) is 5.43 Å². The first kappa shape index (κ1) is 14.7. The molecule has 0 radical (unpaired) electrons. The number of hydrogen-bond acceptors (Lipinski definition) is 3. The first-order valence-corrected chi connectivity index (χ1v) is 5.00. The number of alkyl halides is 3. The Morgan fingerprint density at radius 3 is 2.27 bits per heavy atom. The summed E-state index contributed by atoms with van der Waals surface area (Å²) in [6.07, 6.45) is -3.75. The maximum atomic E-state index is 12.0. The second-order valence-electron chi connectivity index (χ2n) is 3.49. The number of rotatable bonds is 7. The van der Waals surface area contributed by atoms with Crippen LogP contribution in [0, 0.1) is 0 Å². The molecular weight excluding hydrogens is 209 g/mol. The Kier molecular flexibility index (Phi) is 6.87. The van der Waals surface area contributed by atoms with Gasteiger partial charge >= 0.3 is 6.18 Å². The molecule has 2 unspecified atom stereocenters. The molecule has 0 amide bonds. The summed E-state index contributed by atoms with van der Waals surface area (Å²) in [5.41, 5.74) is 2.39. The van der Waals surface area contributed by atoms with Crippen LogP contribution >= 0.6 is 0 Å². The van der Waals surface area contributed by atoms with E-state index in [0.717, 1.165) is 6.42 Å². The summed E-state index contributed by atoms with van der Waals surface area (Å²) < 4.78 is 41.1. The Morgan fingerprint density at radius 1 is 1.33 bits per heavy atom. The van der Waals surface area contributed by atoms with Crippen LogP contribution in [0.4, 0.5) is 13.2 Å². The molecule has 0 aliphatic rings. The van der Waals surface area contributed by atoms with Gasteiger partial charge in [0.05, 0.1) is 6.10 Å². The summed E-state index contributed by atoms with van der Waals surface area (Å²) in [5, 5.41) is 0. The molecule has 0 saturated carbocycles. The van der Waals surface area contributed by atoms with Gasteiger partial charge in [0, 0.05) is 19.6 Å². The summed E-state index contributed by atoms with van der Waals surface area (Å²) >= 11 is 0. The van der Waals surface area contributed by atoms with E-state index in [1.165, 1.54) is 7.11 Å². The van der Waals surface area contributed by atoms with Gasteiger partial charge in [-0.15, -0.1) is 0 Å². The lowest BCUT2D eigenvalue weighted by atomic mass is 10.0. The minimum absolute atomic E-state index is 0.0570. The predicted octanol–water partition coefficient (Wildman–Crippen LogP) is 1.98. The maximum absolute atomic E-state index is 12.0. The average Bonchev–Trinajstić information content (AvgIpc) is 2.15. The van der Waals surface area contributed by atoms with Gasteiger partial charge in [0.1, 0.15) is 0 Å². The Balaban J connectivity index is 4.09. The smallest absolute Gasteiger partial charge is 0.380 e. The van der Waals surface area contributed by atoms with Crippen LogP contribution in [-0.2, 0) is 4.74 Å². The molecular formula is C9H19F3N2O. The van der Waals surface area contributed by atoms with Crippen molar-refractivity contribution in [3.8, 4) is 0 Å². The lowest BCUT2D eigenvalue weighted by molar-refractivity contribution is -0.138. The Morgan fingerprint density at radius 2 is 1.93 bits per heavy atom. The fourth-order valence-electron chi connectivity index (χ4n) is 1.46. The fraction of sp³-hybridized carbons (Fsp3) is 1.00. The molecule has 0 heterocycles. The standard InChI is InChI=1S/C9H19F3N2O/c1-3-4-8(15-2)7(14-13)5-6-9(10,11)12/h7-8,14H,3-6,13H2,1-2H3. The number of hydrogen-bond donors (Lipinski definition) is 2. The highest BCUT2D eigenvalue weighted by molar-refractivity contribution is 4.75. The zero-order chi connectivity index (χ0) is 11.9. The van der Waals surface area contributed by atoms with Gasteiger partial charge in [-0.2, -0.15) is 13.2 Å². The lowest BCUT2D eigenvalue weighted by Gasteiger charge is -2.25. The molecule has 0 rings (SSSR count). The van der Waals surface area contributed by atoms with Crippen LogP contribution in [0.3, 0.4) is 0 Å². The summed E-state index contributed by atoms with van der Waals surface area (Å²) in [6, 6.07) is -0.448. The van der Waals surface area contributed by atoms with E-state index in [0.29, 0.717) is 6.42 Å². The van der Waals surface area contributed by atoms with E-state index in [4.69, 9.17) is 10.6 Å². The third-order valence-electron chi connectivity index (χ3n) is 2.28. The van der Waals surface area contributed by atoms with Crippen LogP contribution in [-0.4, -0.2) is 25.4 Å². The molecule has 0 aliphatic carbocycles. The molecule has 0 aliphatic heterocycles. The zero-order valence-electron chi connectivity index (χ0n) is 9.10. The lowest BCUT2D eigenvalue weighted by Crippen LogP contribution is -2.45. The van der Waals surface area contributed by atoms with Crippen LogP contribution in [0.1, 0.15) is 32.6 Å². The van der Waals surface area contributed by atoms with Crippen LogP contribution in [0.15, 0.2) is 0 Å². The molecule has 0 aromatic heterocycles. The van der Waals surface area contributed by atoms with Crippen molar-refractivity contribution in [1.82, 2.24) is 5.43 Å². The van der Waals surface area contributed by atoms with E-state index < -0.39 is 18.6 Å². The van der Waals surface area contributed by atoms with Crippen molar-refractivity contribution in [1.29, 1.82) is 0 Å². The molecule has 15 heavy (non-hydrogen) atoms. The van der Waals surface area contributed by atoms with Crippen molar-refractivity contribution in [3.05, 3.63) is 0 Å². The van der Waals surface area contributed by atoms with Gasteiger partial charge in [0.2, 0.25) is 0 Å². The van der Waals surface area contributed by atoms with Crippen LogP contribution in [0.2, 0.25) is 0 Å². The summed E-state index contributed by atoms with van der Waals surface area (Å²) in [4.78, 5) is 0. The van der Waals surface area contributed by atoms with Crippen molar-refractivity contribution in [2.75, 3.05) is 7.11 Å². The van der Waals surface area contributed by atoms with Crippen LogP contribution in [0.25, 0.3) is 0 Å². The molecule has 0 saturated heterocycles. The molecule has 3 N–H and O–H groups in total. The van der Waals surface area contributed by atoms with E-state index in [9.17, 15) is 13.2 Å². The van der Waals surface area contributed by atoms with Gasteiger partial charge in [-0.25, -0.2) is 0 Å². The van der Waals surface area contributed by atoms with Crippen LogP contribution in [0.5, 0.6) is 0 Å².